The molecule has 2 atom stereocenters. The molecule has 1 aromatic carbocycles. The maximum atomic E-state index is 12.2. The van der Waals surface area contributed by atoms with E-state index >= 15 is 0 Å². The number of hydrogen-bond acceptors (Lipinski definition) is 5. The largest absolute Gasteiger partial charge is 0.485 e. The molecular weight excluding hydrogens is 274 g/mol. The van der Waals surface area contributed by atoms with Gasteiger partial charge in [-0.15, -0.1) is 0 Å². The smallest absolute Gasteiger partial charge is 0.265 e. The summed E-state index contributed by atoms with van der Waals surface area (Å²) in [7, 11) is 0. The predicted octanol–water partition coefficient (Wildman–Crippen LogP) is 0.714. The summed E-state index contributed by atoms with van der Waals surface area (Å²) in [5.74, 6) is 0.694. The van der Waals surface area contributed by atoms with E-state index in [1.54, 1.807) is 18.2 Å². The predicted molar refractivity (Wildman–Crippen MR) is 76.5 cm³/mol. The fraction of sp³-hybridized carbons (Fsp3) is 0.429. The molecule has 0 radical (unpaired) electrons. The molecule has 4 N–H and O–H groups in total. The average Bonchev–Trinajstić information content (AvgIpc) is 2.50. The molecule has 114 valence electrons. The number of nitrogens with two attached hydrogens (primary N) is 1. The van der Waals surface area contributed by atoms with Gasteiger partial charge >= 0.3 is 0 Å². The lowest BCUT2D eigenvalue weighted by Crippen LogP contribution is -2.53. The van der Waals surface area contributed by atoms with Crippen LogP contribution in [0.2, 0.25) is 0 Å². The Morgan fingerprint density at radius 1 is 1.43 bits per heavy atom. The third-order valence-electron chi connectivity index (χ3n) is 3.20. The van der Waals surface area contributed by atoms with Crippen LogP contribution in [0.4, 0.5) is 0 Å². The summed E-state index contributed by atoms with van der Waals surface area (Å²) in [5, 5.41) is 14.4. The second-order valence-electron chi connectivity index (χ2n) is 5.12. The van der Waals surface area contributed by atoms with Crippen molar-refractivity contribution in [3.8, 4) is 11.5 Å². The highest BCUT2D eigenvalue weighted by molar-refractivity contribution is 5.91. The van der Waals surface area contributed by atoms with E-state index in [0.29, 0.717) is 11.5 Å². The van der Waals surface area contributed by atoms with Gasteiger partial charge in [0.25, 0.3) is 5.91 Å². The van der Waals surface area contributed by atoms with Crippen LogP contribution in [-0.4, -0.2) is 35.7 Å². The number of rotatable bonds is 4. The van der Waals surface area contributed by atoms with Gasteiger partial charge < -0.3 is 25.7 Å². The van der Waals surface area contributed by atoms with Crippen LogP contribution >= 0.6 is 0 Å². The fourth-order valence-corrected chi connectivity index (χ4v) is 2.04. The van der Waals surface area contributed by atoms with Crippen LogP contribution in [0, 0.1) is 5.92 Å². The Bertz CT molecular complexity index is 545. The zero-order valence-corrected chi connectivity index (χ0v) is 11.9. The van der Waals surface area contributed by atoms with Crippen LogP contribution in [0.5, 0.6) is 11.5 Å². The van der Waals surface area contributed by atoms with Gasteiger partial charge in [0, 0.05) is 0 Å². The van der Waals surface area contributed by atoms with E-state index < -0.39 is 12.1 Å². The average molecular weight is 293 g/mol. The molecule has 7 nitrogen and oxygen atoms in total. The molecule has 1 aliphatic rings. The number of amidine groups is 1. The molecule has 0 aliphatic carbocycles. The molecule has 2 unspecified atom stereocenters. The monoisotopic (exact) mass is 293 g/mol. The number of hydrogen-bond donors (Lipinski definition) is 3. The van der Waals surface area contributed by atoms with E-state index in [0.717, 1.165) is 0 Å². The number of nitrogens with one attached hydrogen (secondary N) is 1. The lowest BCUT2D eigenvalue weighted by molar-refractivity contribution is -0.130. The summed E-state index contributed by atoms with van der Waals surface area (Å²) in [4.78, 5) is 12.2. The Labute approximate surface area is 122 Å². The zero-order chi connectivity index (χ0) is 15.4. The molecule has 0 spiro atoms. The first-order chi connectivity index (χ1) is 10.0. The van der Waals surface area contributed by atoms with Gasteiger partial charge in [0.05, 0.1) is 6.04 Å². The summed E-state index contributed by atoms with van der Waals surface area (Å²) < 4.78 is 11.1. The fourth-order valence-electron chi connectivity index (χ4n) is 2.04. The minimum atomic E-state index is -0.771. The second kappa shape index (κ2) is 6.34. The minimum Gasteiger partial charge on any atom is -0.485 e. The van der Waals surface area contributed by atoms with Gasteiger partial charge in [0.2, 0.25) is 6.10 Å². The maximum absolute atomic E-state index is 12.2. The molecule has 0 fully saturated rings. The topological polar surface area (TPSA) is 106 Å². The molecule has 1 amide bonds. The number of amides is 1. The van der Waals surface area contributed by atoms with Crippen molar-refractivity contribution in [1.82, 2.24) is 5.32 Å². The van der Waals surface area contributed by atoms with Gasteiger partial charge in [0.15, 0.2) is 17.3 Å². The summed E-state index contributed by atoms with van der Waals surface area (Å²) in [6, 6.07) is 6.57. The summed E-state index contributed by atoms with van der Waals surface area (Å²) in [6.07, 6.45) is -0.771. The first-order valence-corrected chi connectivity index (χ1v) is 6.69. The number of carbonyl (C=O) groups excluding carboxylic acids is 1. The molecule has 0 saturated heterocycles. The number of para-hydroxylation sites is 2. The standard InChI is InChI=1S/C14H19N3O4/c1-8(2)12(13(15)17-19)16-14(18)11-7-20-9-5-3-4-6-10(9)21-11/h3-6,8,11-12,19H,7H2,1-2H3,(H2,15,17)(H,16,18). The van der Waals surface area contributed by atoms with Gasteiger partial charge in [-0.3, -0.25) is 4.79 Å². The van der Waals surface area contributed by atoms with Crippen molar-refractivity contribution in [3.63, 3.8) is 0 Å². The van der Waals surface area contributed by atoms with Crippen molar-refractivity contribution in [3.05, 3.63) is 24.3 Å². The van der Waals surface area contributed by atoms with E-state index in [1.807, 2.05) is 19.9 Å². The molecule has 7 heteroatoms. The van der Waals surface area contributed by atoms with E-state index in [9.17, 15) is 4.79 Å². The van der Waals surface area contributed by atoms with Crippen LogP contribution in [0.25, 0.3) is 0 Å². The second-order valence-corrected chi connectivity index (χ2v) is 5.12. The number of nitrogens with zero attached hydrogens (tertiary/aromatic N) is 1. The normalized spacial score (nSPS) is 19.2. The SMILES string of the molecule is CC(C)C(NC(=O)C1COc2ccccc2O1)C(N)=NO. The van der Waals surface area contributed by atoms with Crippen LogP contribution in [-0.2, 0) is 4.79 Å². The molecule has 1 heterocycles. The first-order valence-electron chi connectivity index (χ1n) is 6.69. The van der Waals surface area contributed by atoms with Crippen LogP contribution in [0.3, 0.4) is 0 Å². The van der Waals surface area contributed by atoms with Crippen molar-refractivity contribution >= 4 is 11.7 Å². The Balaban J connectivity index is 2.04. The van der Waals surface area contributed by atoms with Gasteiger partial charge in [-0.1, -0.05) is 31.1 Å². The molecule has 1 aliphatic heterocycles. The van der Waals surface area contributed by atoms with Gasteiger partial charge in [0.1, 0.15) is 6.61 Å². The Hall–Kier alpha value is -2.44. The minimum absolute atomic E-state index is 0.0263. The van der Waals surface area contributed by atoms with E-state index in [-0.39, 0.29) is 24.3 Å². The number of fused-ring (bicyclic) bond motifs is 1. The van der Waals surface area contributed by atoms with Crippen molar-refractivity contribution < 1.29 is 19.5 Å². The van der Waals surface area contributed by atoms with Crippen molar-refractivity contribution in [1.29, 1.82) is 0 Å². The number of oxime groups is 1. The number of benzene rings is 1. The third-order valence-corrected chi connectivity index (χ3v) is 3.20. The van der Waals surface area contributed by atoms with E-state index in [2.05, 4.69) is 10.5 Å². The quantitative estimate of drug-likeness (QED) is 0.328. The Kier molecular flexibility index (Phi) is 4.52. The molecule has 2 rings (SSSR count). The third kappa shape index (κ3) is 3.36. The molecule has 21 heavy (non-hydrogen) atoms. The van der Waals surface area contributed by atoms with Crippen molar-refractivity contribution in [2.45, 2.75) is 26.0 Å². The molecule has 0 aromatic heterocycles. The van der Waals surface area contributed by atoms with Gasteiger partial charge in [-0.2, -0.15) is 0 Å². The van der Waals surface area contributed by atoms with Gasteiger partial charge in [-0.05, 0) is 18.1 Å². The summed E-state index contributed by atoms with van der Waals surface area (Å²) in [6.45, 7) is 3.83. The lowest BCUT2D eigenvalue weighted by atomic mass is 10.0. The molecular formula is C14H19N3O4. The zero-order valence-electron chi connectivity index (χ0n) is 11.9. The number of ether oxygens (including phenoxy) is 2. The van der Waals surface area contributed by atoms with Crippen molar-refractivity contribution in [2.24, 2.45) is 16.8 Å². The number of carbonyl (C=O) groups is 1. The highest BCUT2D eigenvalue weighted by Gasteiger charge is 2.30. The molecule has 0 saturated carbocycles. The van der Waals surface area contributed by atoms with Crippen molar-refractivity contribution in [2.75, 3.05) is 6.61 Å². The Morgan fingerprint density at radius 2 is 2.10 bits per heavy atom. The van der Waals surface area contributed by atoms with Gasteiger partial charge in [-0.25, -0.2) is 0 Å². The van der Waals surface area contributed by atoms with Crippen LogP contribution < -0.4 is 20.5 Å². The van der Waals surface area contributed by atoms with Crippen LogP contribution in [0.15, 0.2) is 29.4 Å². The molecule has 1 aromatic rings. The van der Waals surface area contributed by atoms with E-state index in [4.69, 9.17) is 20.4 Å². The first kappa shape index (κ1) is 15.0. The summed E-state index contributed by atoms with van der Waals surface area (Å²) in [5.41, 5.74) is 5.59. The Morgan fingerprint density at radius 3 is 2.71 bits per heavy atom. The molecule has 0 bridgehead atoms. The maximum Gasteiger partial charge on any atom is 0.265 e. The highest BCUT2D eigenvalue weighted by Crippen LogP contribution is 2.30. The van der Waals surface area contributed by atoms with E-state index in [1.165, 1.54) is 0 Å². The lowest BCUT2D eigenvalue weighted by Gasteiger charge is -2.28. The highest BCUT2D eigenvalue weighted by atomic mass is 16.6. The summed E-state index contributed by atoms with van der Waals surface area (Å²) >= 11 is 0. The van der Waals surface area contributed by atoms with Crippen LogP contribution in [0.1, 0.15) is 13.8 Å².